The highest BCUT2D eigenvalue weighted by Crippen LogP contribution is 2.36. The maximum absolute atomic E-state index is 13.2. The van der Waals surface area contributed by atoms with Crippen molar-refractivity contribution in [2.24, 2.45) is 0 Å². The van der Waals surface area contributed by atoms with E-state index in [0.717, 1.165) is 11.1 Å². The zero-order valence-corrected chi connectivity index (χ0v) is 17.9. The molecule has 3 aromatic rings. The largest absolute Gasteiger partial charge is 0.493 e. The van der Waals surface area contributed by atoms with Crippen LogP contribution in [-0.4, -0.2) is 35.8 Å². The van der Waals surface area contributed by atoms with E-state index in [2.05, 4.69) is 4.98 Å². The minimum absolute atomic E-state index is 0.208. The summed E-state index contributed by atoms with van der Waals surface area (Å²) in [5.41, 5.74) is 1.26. The first kappa shape index (κ1) is 20.9. The summed E-state index contributed by atoms with van der Waals surface area (Å²) in [5, 5.41) is 2.35. The van der Waals surface area contributed by atoms with Crippen molar-refractivity contribution in [3.63, 3.8) is 0 Å². The molecule has 0 N–H and O–H groups in total. The molecule has 0 saturated heterocycles. The summed E-state index contributed by atoms with van der Waals surface area (Å²) in [5.74, 6) is 0.720. The lowest BCUT2D eigenvalue weighted by molar-refractivity contribution is -0.152. The van der Waals surface area contributed by atoms with Gasteiger partial charge in [-0.25, -0.2) is 9.78 Å². The molecule has 0 fully saturated rings. The maximum Gasteiger partial charge on any atom is 0.329 e. The molecule has 2 heterocycles. The molecule has 0 amide bonds. The third-order valence-electron chi connectivity index (χ3n) is 4.86. The number of aromatic nitrogens is 2. The van der Waals surface area contributed by atoms with Crippen LogP contribution >= 0.6 is 11.3 Å². The van der Waals surface area contributed by atoms with Crippen molar-refractivity contribution in [1.29, 1.82) is 0 Å². The predicted molar refractivity (Wildman–Crippen MR) is 113 cm³/mol. The molecule has 3 rings (SSSR count). The van der Waals surface area contributed by atoms with Crippen molar-refractivity contribution < 1.29 is 19.0 Å². The predicted octanol–water partition coefficient (Wildman–Crippen LogP) is 4.04. The lowest BCUT2D eigenvalue weighted by Gasteiger charge is -2.17. The number of rotatable bonds is 7. The van der Waals surface area contributed by atoms with Crippen molar-refractivity contribution in [2.75, 3.05) is 14.2 Å². The summed E-state index contributed by atoms with van der Waals surface area (Å²) >= 11 is 1.38. The number of thiophene rings is 1. The fourth-order valence-corrected chi connectivity index (χ4v) is 3.84. The second kappa shape index (κ2) is 8.65. The van der Waals surface area contributed by atoms with E-state index in [9.17, 15) is 9.59 Å². The molecule has 2 atom stereocenters. The van der Waals surface area contributed by atoms with E-state index >= 15 is 0 Å². The van der Waals surface area contributed by atoms with Crippen molar-refractivity contribution in [3.05, 3.63) is 40.3 Å². The van der Waals surface area contributed by atoms with Gasteiger partial charge < -0.3 is 14.2 Å². The number of benzene rings is 1. The van der Waals surface area contributed by atoms with Gasteiger partial charge in [-0.05, 0) is 38.0 Å². The van der Waals surface area contributed by atoms with Gasteiger partial charge in [-0.15, -0.1) is 11.3 Å². The molecule has 0 saturated carbocycles. The van der Waals surface area contributed by atoms with Crippen LogP contribution in [0.2, 0.25) is 0 Å². The Bertz CT molecular complexity index is 1090. The van der Waals surface area contributed by atoms with E-state index < -0.39 is 12.0 Å². The molecule has 0 aliphatic heterocycles. The molecule has 0 aliphatic rings. The summed E-state index contributed by atoms with van der Waals surface area (Å²) in [6.45, 7) is 5.40. The van der Waals surface area contributed by atoms with Gasteiger partial charge in [-0.1, -0.05) is 13.0 Å². The van der Waals surface area contributed by atoms with Gasteiger partial charge in [-0.2, -0.15) is 0 Å². The number of carbonyl (C=O) groups is 1. The number of hydrogen-bond acceptors (Lipinski definition) is 7. The standard InChI is InChI=1S/C21H24N2O5S/c1-6-12(2)28-21(25)13(3)23-11-22-19-18(20(23)24)15(10-29-19)14-7-8-16(26-4)17(9-14)27-5/h7-13H,6H2,1-5H3/t12-,13+/m1/s1. The lowest BCUT2D eigenvalue weighted by Crippen LogP contribution is -2.31. The highest BCUT2D eigenvalue weighted by atomic mass is 32.1. The monoisotopic (exact) mass is 416 g/mol. The number of fused-ring (bicyclic) bond motifs is 1. The van der Waals surface area contributed by atoms with Crippen molar-refractivity contribution >= 4 is 27.5 Å². The number of ether oxygens (including phenoxy) is 3. The number of nitrogens with zero attached hydrogens (tertiary/aromatic N) is 2. The molecular formula is C21H24N2O5S. The van der Waals surface area contributed by atoms with Crippen LogP contribution in [0.15, 0.2) is 34.7 Å². The van der Waals surface area contributed by atoms with E-state index in [-0.39, 0.29) is 11.7 Å². The Morgan fingerprint density at radius 1 is 1.21 bits per heavy atom. The Hall–Kier alpha value is -2.87. The Morgan fingerprint density at radius 3 is 2.59 bits per heavy atom. The van der Waals surface area contributed by atoms with Gasteiger partial charge >= 0.3 is 5.97 Å². The minimum atomic E-state index is -0.772. The summed E-state index contributed by atoms with van der Waals surface area (Å²) in [7, 11) is 3.13. The van der Waals surface area contributed by atoms with Crippen LogP contribution in [-0.2, 0) is 9.53 Å². The molecule has 1 aromatic carbocycles. The van der Waals surface area contributed by atoms with Gasteiger partial charge in [-0.3, -0.25) is 9.36 Å². The van der Waals surface area contributed by atoms with Gasteiger partial charge in [0.05, 0.1) is 32.0 Å². The molecule has 0 unspecified atom stereocenters. The SMILES string of the molecule is CC[C@@H](C)OC(=O)[C@H](C)n1cnc2scc(-c3ccc(OC)c(OC)c3)c2c1=O. The lowest BCUT2D eigenvalue weighted by atomic mass is 10.1. The van der Waals surface area contributed by atoms with Crippen LogP contribution in [0.4, 0.5) is 0 Å². The topological polar surface area (TPSA) is 79.7 Å². The number of esters is 1. The van der Waals surface area contributed by atoms with Gasteiger partial charge in [0, 0.05) is 10.9 Å². The van der Waals surface area contributed by atoms with Crippen molar-refractivity contribution in [3.8, 4) is 22.6 Å². The van der Waals surface area contributed by atoms with Crippen LogP contribution < -0.4 is 15.0 Å². The van der Waals surface area contributed by atoms with Crippen LogP contribution in [0.1, 0.15) is 33.2 Å². The Kier molecular flexibility index (Phi) is 6.22. The highest BCUT2D eigenvalue weighted by Gasteiger charge is 2.22. The molecule has 0 radical (unpaired) electrons. The first-order valence-electron chi connectivity index (χ1n) is 9.32. The second-order valence-electron chi connectivity index (χ2n) is 6.69. The molecule has 7 nitrogen and oxygen atoms in total. The first-order valence-corrected chi connectivity index (χ1v) is 10.2. The summed E-state index contributed by atoms with van der Waals surface area (Å²) in [6.07, 6.45) is 1.90. The highest BCUT2D eigenvalue weighted by molar-refractivity contribution is 7.17. The Morgan fingerprint density at radius 2 is 1.93 bits per heavy atom. The second-order valence-corrected chi connectivity index (χ2v) is 7.55. The van der Waals surface area contributed by atoms with E-state index in [1.807, 2.05) is 31.4 Å². The third-order valence-corrected chi connectivity index (χ3v) is 5.75. The Balaban J connectivity index is 2.08. The average Bonchev–Trinajstić information content (AvgIpc) is 3.17. The number of carbonyl (C=O) groups excluding carboxylic acids is 1. The van der Waals surface area contributed by atoms with E-state index in [1.54, 1.807) is 27.2 Å². The zero-order valence-electron chi connectivity index (χ0n) is 17.1. The molecule has 8 heteroatoms. The average molecular weight is 416 g/mol. The van der Waals surface area contributed by atoms with Gasteiger partial charge in [0.15, 0.2) is 11.5 Å². The van der Waals surface area contributed by atoms with Crippen molar-refractivity contribution in [2.45, 2.75) is 39.3 Å². The summed E-state index contributed by atoms with van der Waals surface area (Å²) in [6, 6.07) is 4.70. The van der Waals surface area contributed by atoms with E-state index in [4.69, 9.17) is 14.2 Å². The van der Waals surface area contributed by atoms with Gasteiger partial charge in [0.25, 0.3) is 5.56 Å². The van der Waals surface area contributed by atoms with Gasteiger partial charge in [0.1, 0.15) is 10.9 Å². The third kappa shape index (κ3) is 3.98. The maximum atomic E-state index is 13.2. The molecule has 0 spiro atoms. The normalized spacial score (nSPS) is 13.1. The molecule has 29 heavy (non-hydrogen) atoms. The van der Waals surface area contributed by atoms with E-state index in [0.29, 0.717) is 28.1 Å². The quantitative estimate of drug-likeness (QED) is 0.541. The number of hydrogen-bond donors (Lipinski definition) is 0. The molecule has 154 valence electrons. The van der Waals surface area contributed by atoms with Crippen LogP contribution in [0, 0.1) is 0 Å². The van der Waals surface area contributed by atoms with E-state index in [1.165, 1.54) is 22.2 Å². The number of methoxy groups -OCH3 is 2. The molecule has 0 aliphatic carbocycles. The van der Waals surface area contributed by atoms with Crippen LogP contribution in [0.25, 0.3) is 21.3 Å². The minimum Gasteiger partial charge on any atom is -0.493 e. The van der Waals surface area contributed by atoms with Crippen molar-refractivity contribution in [1.82, 2.24) is 9.55 Å². The summed E-state index contributed by atoms with van der Waals surface area (Å²) < 4.78 is 17.4. The zero-order chi connectivity index (χ0) is 21.1. The molecule has 0 bridgehead atoms. The fourth-order valence-electron chi connectivity index (χ4n) is 2.93. The first-order chi connectivity index (χ1) is 13.9. The van der Waals surface area contributed by atoms with Crippen LogP contribution in [0.5, 0.6) is 11.5 Å². The Labute approximate surface area is 172 Å². The van der Waals surface area contributed by atoms with Crippen LogP contribution in [0.3, 0.4) is 0 Å². The smallest absolute Gasteiger partial charge is 0.329 e. The van der Waals surface area contributed by atoms with Gasteiger partial charge in [0.2, 0.25) is 0 Å². The molecular weight excluding hydrogens is 392 g/mol. The summed E-state index contributed by atoms with van der Waals surface area (Å²) in [4.78, 5) is 30.6. The molecule has 2 aromatic heterocycles. The fraction of sp³-hybridized carbons (Fsp3) is 0.381.